The van der Waals surface area contributed by atoms with Gasteiger partial charge in [0.1, 0.15) is 22.9 Å². The van der Waals surface area contributed by atoms with E-state index in [4.69, 9.17) is 4.74 Å². The molecular formula is C21H19N3O5. The predicted octanol–water partition coefficient (Wildman–Crippen LogP) is 3.42. The summed E-state index contributed by atoms with van der Waals surface area (Å²) in [5.41, 5.74) is 0.327. The number of carbonyl (C=O) groups excluding carboxylic acids is 1. The number of nitrogens with one attached hydrogen (secondary N) is 1. The summed E-state index contributed by atoms with van der Waals surface area (Å²) in [5, 5.41) is 24.5. The van der Waals surface area contributed by atoms with Crippen LogP contribution in [0, 0.1) is 10.1 Å². The lowest BCUT2D eigenvalue weighted by Gasteiger charge is -2.17. The van der Waals surface area contributed by atoms with Crippen molar-refractivity contribution in [2.75, 3.05) is 13.1 Å². The van der Waals surface area contributed by atoms with E-state index in [-0.39, 0.29) is 22.9 Å². The molecule has 2 aromatic rings. The minimum Gasteiger partial charge on any atom is -0.507 e. The van der Waals surface area contributed by atoms with E-state index in [0.29, 0.717) is 24.4 Å². The number of ether oxygens (including phenoxy) is 1. The molecule has 29 heavy (non-hydrogen) atoms. The van der Waals surface area contributed by atoms with Crippen LogP contribution in [0.4, 0.5) is 5.69 Å². The second-order valence-electron chi connectivity index (χ2n) is 6.16. The molecule has 148 valence electrons. The first-order valence-electron chi connectivity index (χ1n) is 8.96. The first kappa shape index (κ1) is 19.8. The zero-order chi connectivity index (χ0) is 20.6. The Hall–Kier alpha value is -3.94. The van der Waals surface area contributed by atoms with E-state index >= 15 is 0 Å². The maximum absolute atomic E-state index is 12.7. The summed E-state index contributed by atoms with van der Waals surface area (Å²) in [6.45, 7) is 1.13. The first-order valence-corrected chi connectivity index (χ1v) is 8.96. The number of non-ortho nitro benzene ring substituents is 1. The largest absolute Gasteiger partial charge is 0.507 e. The molecule has 0 unspecified atom stereocenters. The van der Waals surface area contributed by atoms with E-state index in [2.05, 4.69) is 10.3 Å². The average molecular weight is 393 g/mol. The van der Waals surface area contributed by atoms with Crippen LogP contribution < -0.4 is 10.1 Å². The molecule has 1 aliphatic rings. The van der Waals surface area contributed by atoms with Gasteiger partial charge in [-0.2, -0.15) is 0 Å². The van der Waals surface area contributed by atoms with Crippen molar-refractivity contribution in [2.45, 2.75) is 6.42 Å². The van der Waals surface area contributed by atoms with Gasteiger partial charge >= 0.3 is 5.97 Å². The van der Waals surface area contributed by atoms with Crippen molar-refractivity contribution in [2.24, 2.45) is 4.99 Å². The molecule has 0 amide bonds. The Balaban J connectivity index is 1.92. The Kier molecular flexibility index (Phi) is 6.36. The lowest BCUT2D eigenvalue weighted by Crippen LogP contribution is -2.35. The molecular weight excluding hydrogens is 374 g/mol. The number of nitrogens with zero attached hydrogens (tertiary/aromatic N) is 2. The molecule has 0 radical (unpaired) electrons. The van der Waals surface area contributed by atoms with Crippen LogP contribution in [0.1, 0.15) is 12.0 Å². The topological polar surface area (TPSA) is 114 Å². The summed E-state index contributed by atoms with van der Waals surface area (Å²) in [6, 6.07) is 14.4. The number of amidine groups is 1. The Morgan fingerprint density at radius 1 is 1.21 bits per heavy atom. The maximum Gasteiger partial charge on any atom is 0.351 e. The van der Waals surface area contributed by atoms with Crippen molar-refractivity contribution in [1.29, 1.82) is 0 Å². The molecule has 8 heteroatoms. The summed E-state index contributed by atoms with van der Waals surface area (Å²) in [6.07, 6.45) is 3.58. The Morgan fingerprint density at radius 2 is 2.00 bits per heavy atom. The summed E-state index contributed by atoms with van der Waals surface area (Å²) in [5.74, 6) is -0.531. The van der Waals surface area contributed by atoms with E-state index in [1.165, 1.54) is 30.4 Å². The molecule has 1 heterocycles. The molecule has 0 spiro atoms. The highest BCUT2D eigenvalue weighted by Gasteiger charge is 2.24. The van der Waals surface area contributed by atoms with Gasteiger partial charge in [0.2, 0.25) is 0 Å². The van der Waals surface area contributed by atoms with Gasteiger partial charge in [0.25, 0.3) is 5.69 Å². The summed E-state index contributed by atoms with van der Waals surface area (Å²) in [4.78, 5) is 27.4. The fraction of sp³-hybridized carbons (Fsp3) is 0.143. The van der Waals surface area contributed by atoms with Gasteiger partial charge in [0, 0.05) is 25.2 Å². The van der Waals surface area contributed by atoms with Crippen LogP contribution in [0.2, 0.25) is 0 Å². The van der Waals surface area contributed by atoms with Gasteiger partial charge in [-0.15, -0.1) is 0 Å². The molecule has 0 aliphatic carbocycles. The number of para-hydroxylation sites is 1. The number of esters is 1. The van der Waals surface area contributed by atoms with Crippen molar-refractivity contribution in [3.63, 3.8) is 0 Å². The van der Waals surface area contributed by atoms with E-state index in [0.717, 1.165) is 6.42 Å². The smallest absolute Gasteiger partial charge is 0.351 e. The van der Waals surface area contributed by atoms with Gasteiger partial charge in [0.05, 0.1) is 4.92 Å². The van der Waals surface area contributed by atoms with Gasteiger partial charge in [-0.3, -0.25) is 15.1 Å². The average Bonchev–Trinajstić information content (AvgIpc) is 2.74. The molecule has 0 aromatic heterocycles. The van der Waals surface area contributed by atoms with Crippen LogP contribution in [0.5, 0.6) is 5.75 Å². The molecule has 1 aliphatic heterocycles. The second-order valence-corrected chi connectivity index (χ2v) is 6.16. The maximum atomic E-state index is 12.7. The number of hydrogen-bond acceptors (Lipinski definition) is 7. The van der Waals surface area contributed by atoms with E-state index in [1.54, 1.807) is 36.4 Å². The molecule has 0 bridgehead atoms. The van der Waals surface area contributed by atoms with Crippen LogP contribution in [0.15, 0.2) is 77.0 Å². The molecule has 3 rings (SSSR count). The molecule has 2 N–H and O–H groups in total. The van der Waals surface area contributed by atoms with Crippen molar-refractivity contribution >= 4 is 23.6 Å². The number of benzene rings is 2. The van der Waals surface area contributed by atoms with Gasteiger partial charge in [-0.25, -0.2) is 4.79 Å². The SMILES string of the molecule is O=C(Oc1ccccc1)/C(C1=NCCCN1)=C(\O)C=Cc1cccc([N+](=O)[O-])c1. The normalized spacial score (nSPS) is 14.6. The lowest BCUT2D eigenvalue weighted by molar-refractivity contribution is -0.384. The molecule has 8 nitrogen and oxygen atoms in total. The number of hydrogen-bond donors (Lipinski definition) is 2. The fourth-order valence-corrected chi connectivity index (χ4v) is 2.67. The number of allylic oxidation sites excluding steroid dienone is 1. The number of nitro benzene ring substituents is 1. The minimum atomic E-state index is -0.759. The summed E-state index contributed by atoms with van der Waals surface area (Å²) in [7, 11) is 0. The second kappa shape index (κ2) is 9.32. The molecule has 2 aromatic carbocycles. The standard InChI is InChI=1S/C21H19N3O5/c25-18(11-10-15-6-4-7-16(14-15)24(27)28)19(20-22-12-5-13-23-20)21(26)29-17-8-2-1-3-9-17/h1-4,6-11,14,25H,5,12-13H2,(H,22,23)/b11-10?,19-18-. The molecule has 0 saturated heterocycles. The number of aliphatic hydroxyl groups excluding tert-OH is 1. The van der Waals surface area contributed by atoms with Gasteiger partial charge < -0.3 is 15.2 Å². The van der Waals surface area contributed by atoms with Crippen LogP contribution in [0.3, 0.4) is 0 Å². The van der Waals surface area contributed by atoms with Crippen molar-refractivity contribution < 1.29 is 19.6 Å². The van der Waals surface area contributed by atoms with E-state index in [1.807, 2.05) is 0 Å². The Morgan fingerprint density at radius 3 is 2.69 bits per heavy atom. The van der Waals surface area contributed by atoms with Crippen molar-refractivity contribution in [3.05, 3.63) is 87.7 Å². The van der Waals surface area contributed by atoms with Crippen LogP contribution in [-0.4, -0.2) is 34.9 Å². The number of rotatable bonds is 6. The monoisotopic (exact) mass is 393 g/mol. The van der Waals surface area contributed by atoms with E-state index in [9.17, 15) is 20.0 Å². The van der Waals surface area contributed by atoms with Gasteiger partial charge in [0.15, 0.2) is 0 Å². The highest BCUT2D eigenvalue weighted by molar-refractivity contribution is 6.20. The number of nitro groups is 1. The van der Waals surface area contributed by atoms with E-state index < -0.39 is 10.9 Å². The molecule has 0 atom stereocenters. The van der Waals surface area contributed by atoms with Gasteiger partial charge in [-0.05, 0) is 30.2 Å². The number of aliphatic imine (C=N–C) groups is 1. The van der Waals surface area contributed by atoms with Crippen LogP contribution >= 0.6 is 0 Å². The fourth-order valence-electron chi connectivity index (χ4n) is 2.67. The zero-order valence-corrected chi connectivity index (χ0v) is 15.4. The number of carbonyl (C=O) groups is 1. The quantitative estimate of drug-likeness (QED) is 0.148. The van der Waals surface area contributed by atoms with Crippen LogP contribution in [0.25, 0.3) is 6.08 Å². The highest BCUT2D eigenvalue weighted by atomic mass is 16.6. The van der Waals surface area contributed by atoms with Gasteiger partial charge in [-0.1, -0.05) is 36.4 Å². The molecule has 0 saturated carbocycles. The first-order chi connectivity index (χ1) is 14.0. The highest BCUT2D eigenvalue weighted by Crippen LogP contribution is 2.18. The third kappa shape index (κ3) is 5.29. The molecule has 0 fully saturated rings. The number of aliphatic hydroxyl groups is 1. The third-order valence-corrected chi connectivity index (χ3v) is 4.06. The summed E-state index contributed by atoms with van der Waals surface area (Å²) < 4.78 is 5.35. The van der Waals surface area contributed by atoms with Crippen LogP contribution in [-0.2, 0) is 4.79 Å². The Bertz CT molecular complexity index is 996. The minimum absolute atomic E-state index is 0.0716. The van der Waals surface area contributed by atoms with Crippen molar-refractivity contribution in [3.8, 4) is 5.75 Å². The lowest BCUT2D eigenvalue weighted by atomic mass is 10.1. The summed E-state index contributed by atoms with van der Waals surface area (Å²) >= 11 is 0. The van der Waals surface area contributed by atoms with Crippen molar-refractivity contribution in [1.82, 2.24) is 5.32 Å². The Labute approximate surface area is 167 Å². The third-order valence-electron chi connectivity index (χ3n) is 4.06. The zero-order valence-electron chi connectivity index (χ0n) is 15.4. The predicted molar refractivity (Wildman–Crippen MR) is 109 cm³/mol.